The SMILES string of the molecule is Cc1cccc(Nc2nc(CC(C)N)cs2)c1. The first-order valence-corrected chi connectivity index (χ1v) is 6.55. The second-order valence-electron chi connectivity index (χ2n) is 4.32. The van der Waals surface area contributed by atoms with E-state index in [1.165, 1.54) is 5.56 Å². The molecule has 17 heavy (non-hydrogen) atoms. The van der Waals surface area contributed by atoms with Gasteiger partial charge in [-0.25, -0.2) is 4.98 Å². The lowest BCUT2D eigenvalue weighted by atomic mass is 10.2. The van der Waals surface area contributed by atoms with E-state index >= 15 is 0 Å². The van der Waals surface area contributed by atoms with E-state index in [9.17, 15) is 0 Å². The van der Waals surface area contributed by atoms with Crippen LogP contribution in [0.15, 0.2) is 29.6 Å². The topological polar surface area (TPSA) is 50.9 Å². The minimum absolute atomic E-state index is 0.156. The summed E-state index contributed by atoms with van der Waals surface area (Å²) in [5, 5.41) is 6.28. The zero-order valence-corrected chi connectivity index (χ0v) is 10.9. The number of rotatable bonds is 4. The van der Waals surface area contributed by atoms with Crippen molar-refractivity contribution in [2.75, 3.05) is 5.32 Å². The highest BCUT2D eigenvalue weighted by Crippen LogP contribution is 2.21. The van der Waals surface area contributed by atoms with Crippen LogP contribution in [0.25, 0.3) is 0 Å². The third-order valence-corrected chi connectivity index (χ3v) is 3.16. The van der Waals surface area contributed by atoms with Gasteiger partial charge in [-0.3, -0.25) is 0 Å². The van der Waals surface area contributed by atoms with Gasteiger partial charge in [0.1, 0.15) is 0 Å². The molecule has 1 aromatic heterocycles. The molecule has 0 spiro atoms. The van der Waals surface area contributed by atoms with Crippen molar-refractivity contribution in [3.8, 4) is 0 Å². The van der Waals surface area contributed by atoms with Gasteiger partial charge in [-0.2, -0.15) is 0 Å². The Morgan fingerprint density at radius 1 is 1.47 bits per heavy atom. The van der Waals surface area contributed by atoms with Crippen molar-refractivity contribution in [1.82, 2.24) is 4.98 Å². The fourth-order valence-corrected chi connectivity index (χ4v) is 2.38. The van der Waals surface area contributed by atoms with E-state index in [4.69, 9.17) is 5.73 Å². The minimum atomic E-state index is 0.156. The van der Waals surface area contributed by atoms with Crippen molar-refractivity contribution in [1.29, 1.82) is 0 Å². The van der Waals surface area contributed by atoms with Crippen molar-refractivity contribution in [3.05, 3.63) is 40.9 Å². The number of hydrogen-bond acceptors (Lipinski definition) is 4. The van der Waals surface area contributed by atoms with Crippen LogP contribution in [0.4, 0.5) is 10.8 Å². The van der Waals surface area contributed by atoms with Gasteiger partial charge in [0.2, 0.25) is 0 Å². The molecule has 1 heterocycles. The average Bonchev–Trinajstić information content (AvgIpc) is 2.64. The van der Waals surface area contributed by atoms with Crippen LogP contribution >= 0.6 is 11.3 Å². The molecule has 0 radical (unpaired) electrons. The van der Waals surface area contributed by atoms with Crippen LogP contribution in [-0.2, 0) is 6.42 Å². The third kappa shape index (κ3) is 3.54. The first kappa shape index (κ1) is 12.1. The summed E-state index contributed by atoms with van der Waals surface area (Å²) >= 11 is 1.61. The molecule has 4 heteroatoms. The Bertz CT molecular complexity index is 491. The maximum Gasteiger partial charge on any atom is 0.187 e. The van der Waals surface area contributed by atoms with Crippen molar-refractivity contribution in [3.63, 3.8) is 0 Å². The number of nitrogens with one attached hydrogen (secondary N) is 1. The van der Waals surface area contributed by atoms with Gasteiger partial charge in [-0.05, 0) is 31.5 Å². The highest BCUT2D eigenvalue weighted by molar-refractivity contribution is 7.13. The normalized spacial score (nSPS) is 12.4. The highest BCUT2D eigenvalue weighted by Gasteiger charge is 2.04. The lowest BCUT2D eigenvalue weighted by molar-refractivity contribution is 0.726. The van der Waals surface area contributed by atoms with E-state index in [0.717, 1.165) is 22.9 Å². The van der Waals surface area contributed by atoms with Crippen molar-refractivity contribution in [2.45, 2.75) is 26.3 Å². The van der Waals surface area contributed by atoms with Crippen LogP contribution in [-0.4, -0.2) is 11.0 Å². The number of thiazole rings is 1. The smallest absolute Gasteiger partial charge is 0.187 e. The van der Waals surface area contributed by atoms with Crippen LogP contribution in [0.3, 0.4) is 0 Å². The maximum atomic E-state index is 5.75. The quantitative estimate of drug-likeness (QED) is 0.873. The standard InChI is InChI=1S/C13H17N3S/c1-9-4-3-5-11(6-9)15-13-16-12(8-17-13)7-10(2)14/h3-6,8,10H,7,14H2,1-2H3,(H,15,16). The molecule has 0 fully saturated rings. The number of benzene rings is 1. The molecule has 1 unspecified atom stereocenters. The van der Waals surface area contributed by atoms with Crippen LogP contribution in [0, 0.1) is 6.92 Å². The Balaban J connectivity index is 2.06. The van der Waals surface area contributed by atoms with E-state index < -0.39 is 0 Å². The highest BCUT2D eigenvalue weighted by atomic mass is 32.1. The molecule has 3 N–H and O–H groups in total. The van der Waals surface area contributed by atoms with E-state index in [0.29, 0.717) is 0 Å². The summed E-state index contributed by atoms with van der Waals surface area (Å²) in [6.07, 6.45) is 0.825. The molecule has 0 aliphatic heterocycles. The summed E-state index contributed by atoms with van der Waals surface area (Å²) < 4.78 is 0. The molecule has 90 valence electrons. The second-order valence-corrected chi connectivity index (χ2v) is 5.18. The predicted octanol–water partition coefficient (Wildman–Crippen LogP) is 3.08. The molecule has 1 atom stereocenters. The van der Waals surface area contributed by atoms with E-state index in [1.54, 1.807) is 11.3 Å². The van der Waals surface area contributed by atoms with Gasteiger partial charge in [0, 0.05) is 23.5 Å². The van der Waals surface area contributed by atoms with Crippen molar-refractivity contribution in [2.24, 2.45) is 5.73 Å². The second kappa shape index (κ2) is 5.29. The number of aromatic nitrogens is 1. The summed E-state index contributed by atoms with van der Waals surface area (Å²) in [4.78, 5) is 4.50. The molecular formula is C13H17N3S. The van der Waals surface area contributed by atoms with Gasteiger partial charge < -0.3 is 11.1 Å². The van der Waals surface area contributed by atoms with Crippen LogP contribution in [0.1, 0.15) is 18.2 Å². The number of nitrogens with two attached hydrogens (primary N) is 1. The molecule has 0 aliphatic carbocycles. The average molecular weight is 247 g/mol. The molecule has 0 saturated carbocycles. The first-order chi connectivity index (χ1) is 8.13. The van der Waals surface area contributed by atoms with Gasteiger partial charge in [0.25, 0.3) is 0 Å². The first-order valence-electron chi connectivity index (χ1n) is 5.67. The largest absolute Gasteiger partial charge is 0.332 e. The zero-order chi connectivity index (χ0) is 12.3. The number of anilines is 2. The summed E-state index contributed by atoms with van der Waals surface area (Å²) in [7, 11) is 0. The molecule has 3 nitrogen and oxygen atoms in total. The van der Waals surface area contributed by atoms with Crippen molar-refractivity contribution < 1.29 is 0 Å². The third-order valence-electron chi connectivity index (χ3n) is 2.35. The molecule has 2 rings (SSSR count). The Hall–Kier alpha value is -1.39. The van der Waals surface area contributed by atoms with Crippen LogP contribution < -0.4 is 11.1 Å². The monoisotopic (exact) mass is 247 g/mol. The summed E-state index contributed by atoms with van der Waals surface area (Å²) in [5.41, 5.74) is 9.12. The predicted molar refractivity (Wildman–Crippen MR) is 73.9 cm³/mol. The maximum absolute atomic E-state index is 5.75. The molecule has 1 aromatic carbocycles. The molecule has 0 bridgehead atoms. The Labute approximate surface area is 106 Å². The lowest BCUT2D eigenvalue weighted by Gasteiger charge is -2.03. The fraction of sp³-hybridized carbons (Fsp3) is 0.308. The number of hydrogen-bond donors (Lipinski definition) is 2. The number of nitrogens with zero attached hydrogens (tertiary/aromatic N) is 1. The van der Waals surface area contributed by atoms with Gasteiger partial charge in [-0.1, -0.05) is 12.1 Å². The fourth-order valence-electron chi connectivity index (χ4n) is 1.63. The van der Waals surface area contributed by atoms with Gasteiger partial charge in [0.15, 0.2) is 5.13 Å². The number of aryl methyl sites for hydroxylation is 1. The molecule has 0 amide bonds. The van der Waals surface area contributed by atoms with E-state index in [-0.39, 0.29) is 6.04 Å². The van der Waals surface area contributed by atoms with Gasteiger partial charge >= 0.3 is 0 Å². The molecule has 0 saturated heterocycles. The lowest BCUT2D eigenvalue weighted by Crippen LogP contribution is -2.17. The van der Waals surface area contributed by atoms with Crippen molar-refractivity contribution >= 4 is 22.2 Å². The molecular weight excluding hydrogens is 230 g/mol. The van der Waals surface area contributed by atoms with E-state index in [1.807, 2.05) is 19.1 Å². The van der Waals surface area contributed by atoms with E-state index in [2.05, 4.69) is 34.7 Å². The Morgan fingerprint density at radius 3 is 3.00 bits per heavy atom. The summed E-state index contributed by atoms with van der Waals surface area (Å²) in [5.74, 6) is 0. The Morgan fingerprint density at radius 2 is 2.29 bits per heavy atom. The van der Waals surface area contributed by atoms with Gasteiger partial charge in [0.05, 0.1) is 5.69 Å². The van der Waals surface area contributed by atoms with Crippen LogP contribution in [0.5, 0.6) is 0 Å². The van der Waals surface area contributed by atoms with Gasteiger partial charge in [-0.15, -0.1) is 11.3 Å². The Kier molecular flexibility index (Phi) is 3.76. The minimum Gasteiger partial charge on any atom is -0.332 e. The van der Waals surface area contributed by atoms with Crippen LogP contribution in [0.2, 0.25) is 0 Å². The zero-order valence-electron chi connectivity index (χ0n) is 10.1. The summed E-state index contributed by atoms with van der Waals surface area (Å²) in [6, 6.07) is 8.42. The molecule has 2 aromatic rings. The summed E-state index contributed by atoms with van der Waals surface area (Å²) in [6.45, 7) is 4.07. The molecule has 0 aliphatic rings.